The Kier molecular flexibility index (Phi) is 4.95. The molecule has 1 aliphatic carbocycles. The maximum atomic E-state index is 6.36. The van der Waals surface area contributed by atoms with Crippen LogP contribution in [0.1, 0.15) is 65.1 Å². The van der Waals surface area contributed by atoms with E-state index in [1.54, 1.807) is 0 Å². The van der Waals surface area contributed by atoms with Gasteiger partial charge in [0.1, 0.15) is 0 Å². The third-order valence-corrected chi connectivity index (χ3v) is 4.54. The summed E-state index contributed by atoms with van der Waals surface area (Å²) in [5.41, 5.74) is 2.93. The molecule has 1 aromatic heterocycles. The van der Waals surface area contributed by atoms with Crippen LogP contribution in [0.4, 0.5) is 0 Å². The highest BCUT2D eigenvalue weighted by Crippen LogP contribution is 2.38. The summed E-state index contributed by atoms with van der Waals surface area (Å²) in [7, 11) is 0. The van der Waals surface area contributed by atoms with Crippen molar-refractivity contribution in [3.05, 3.63) is 29.6 Å². The molecule has 0 N–H and O–H groups in total. The van der Waals surface area contributed by atoms with Gasteiger partial charge >= 0.3 is 0 Å². The number of nitrogens with zero attached hydrogens (tertiary/aromatic N) is 2. The number of hydrogen-bond acceptors (Lipinski definition) is 1. The molecule has 0 amide bonds. The first-order valence-electron chi connectivity index (χ1n) is 7.81. The molecule has 2 nitrogen and oxygen atoms in total. The number of allylic oxidation sites excluding steroid dienone is 2. The van der Waals surface area contributed by atoms with Crippen LogP contribution in [0.25, 0.3) is 0 Å². The normalized spacial score (nSPS) is 22.1. The monoisotopic (exact) mass is 294 g/mol. The zero-order valence-corrected chi connectivity index (χ0v) is 14.0. The zero-order chi connectivity index (χ0) is 14.8. The van der Waals surface area contributed by atoms with E-state index in [9.17, 15) is 0 Å². The van der Waals surface area contributed by atoms with E-state index >= 15 is 0 Å². The first-order valence-corrected chi connectivity index (χ1v) is 8.25. The lowest BCUT2D eigenvalue weighted by Gasteiger charge is -2.32. The quantitative estimate of drug-likeness (QED) is 0.543. The van der Waals surface area contributed by atoms with E-state index in [-0.39, 0.29) is 5.38 Å². The van der Waals surface area contributed by atoms with E-state index < -0.39 is 0 Å². The van der Waals surface area contributed by atoms with Gasteiger partial charge in [0.05, 0.1) is 17.1 Å². The Morgan fingerprint density at radius 1 is 1.40 bits per heavy atom. The molecule has 1 aliphatic rings. The Balaban J connectivity index is 2.07. The van der Waals surface area contributed by atoms with E-state index in [1.807, 2.05) is 0 Å². The lowest BCUT2D eigenvalue weighted by atomic mass is 9.76. The highest BCUT2D eigenvalue weighted by Gasteiger charge is 2.27. The molecular weight excluding hydrogens is 268 g/mol. The van der Waals surface area contributed by atoms with E-state index in [0.29, 0.717) is 11.5 Å². The highest BCUT2D eigenvalue weighted by atomic mass is 35.5. The molecular formula is C17H27ClN2. The van der Waals surface area contributed by atoms with Crippen LogP contribution in [0.5, 0.6) is 0 Å². The molecule has 112 valence electrons. The molecule has 0 spiro atoms. The smallest absolute Gasteiger partial charge is 0.0665 e. The number of alkyl halides is 1. The number of aromatic nitrogens is 2. The number of hydrogen-bond donors (Lipinski definition) is 0. The van der Waals surface area contributed by atoms with Crippen LogP contribution in [0.3, 0.4) is 0 Å². The minimum atomic E-state index is 0.176. The fourth-order valence-electron chi connectivity index (χ4n) is 3.28. The molecule has 0 fully saturated rings. The summed E-state index contributed by atoms with van der Waals surface area (Å²) in [4.78, 5) is 0. The lowest BCUT2D eigenvalue weighted by Crippen LogP contribution is -2.23. The van der Waals surface area contributed by atoms with Crippen molar-refractivity contribution < 1.29 is 0 Å². The van der Waals surface area contributed by atoms with Gasteiger partial charge in [-0.2, -0.15) is 5.10 Å². The van der Waals surface area contributed by atoms with Crippen molar-refractivity contribution in [2.45, 2.75) is 71.2 Å². The van der Waals surface area contributed by atoms with Crippen LogP contribution in [0.2, 0.25) is 0 Å². The van der Waals surface area contributed by atoms with Crippen molar-refractivity contribution in [3.63, 3.8) is 0 Å². The SMILES string of the molecule is CCC(CC)n1ccc(CC2=CC(Cl)CC(C)(C)C2)n1. The van der Waals surface area contributed by atoms with Gasteiger partial charge in [0.15, 0.2) is 0 Å². The summed E-state index contributed by atoms with van der Waals surface area (Å²) in [5.74, 6) is 0. The molecule has 2 rings (SSSR count). The topological polar surface area (TPSA) is 17.8 Å². The predicted molar refractivity (Wildman–Crippen MR) is 86.3 cm³/mol. The summed E-state index contributed by atoms with van der Waals surface area (Å²) >= 11 is 6.36. The zero-order valence-electron chi connectivity index (χ0n) is 13.2. The van der Waals surface area contributed by atoms with Crippen LogP contribution in [-0.4, -0.2) is 15.2 Å². The standard InChI is InChI=1S/C17H27ClN2/c1-5-16(6-2)20-8-7-15(19-20)10-13-9-14(18)12-17(3,4)11-13/h7-9,14,16H,5-6,10-12H2,1-4H3. The molecule has 0 aromatic carbocycles. The summed E-state index contributed by atoms with van der Waals surface area (Å²) in [6.45, 7) is 9.05. The second kappa shape index (κ2) is 6.34. The summed E-state index contributed by atoms with van der Waals surface area (Å²) in [6.07, 6.45) is 9.78. The second-order valence-electron chi connectivity index (χ2n) is 6.82. The molecule has 20 heavy (non-hydrogen) atoms. The minimum Gasteiger partial charge on any atom is -0.269 e. The third kappa shape index (κ3) is 3.88. The van der Waals surface area contributed by atoms with Gasteiger partial charge in [-0.3, -0.25) is 4.68 Å². The van der Waals surface area contributed by atoms with Gasteiger partial charge in [0, 0.05) is 12.6 Å². The van der Waals surface area contributed by atoms with Crippen LogP contribution < -0.4 is 0 Å². The molecule has 0 bridgehead atoms. The number of halogens is 1. The Bertz CT molecular complexity index is 469. The van der Waals surface area contributed by atoms with Gasteiger partial charge in [0.2, 0.25) is 0 Å². The van der Waals surface area contributed by atoms with Gasteiger partial charge in [-0.25, -0.2) is 0 Å². The first-order chi connectivity index (χ1) is 9.43. The molecule has 0 radical (unpaired) electrons. The van der Waals surface area contributed by atoms with Crippen molar-refractivity contribution in [1.29, 1.82) is 0 Å². The maximum Gasteiger partial charge on any atom is 0.0665 e. The van der Waals surface area contributed by atoms with E-state index in [1.165, 1.54) is 11.3 Å². The van der Waals surface area contributed by atoms with Crippen molar-refractivity contribution in [2.24, 2.45) is 5.41 Å². The van der Waals surface area contributed by atoms with Gasteiger partial charge in [-0.15, -0.1) is 11.6 Å². The molecule has 0 saturated heterocycles. The Hall–Kier alpha value is -0.760. The van der Waals surface area contributed by atoms with Gasteiger partial charge in [0.25, 0.3) is 0 Å². The molecule has 3 heteroatoms. The molecule has 0 saturated carbocycles. The van der Waals surface area contributed by atoms with E-state index in [2.05, 4.69) is 50.7 Å². The molecule has 1 aromatic rings. The first kappa shape index (κ1) is 15.6. The summed E-state index contributed by atoms with van der Waals surface area (Å²) in [5, 5.41) is 4.93. The Morgan fingerprint density at radius 2 is 2.10 bits per heavy atom. The largest absolute Gasteiger partial charge is 0.269 e. The fraction of sp³-hybridized carbons (Fsp3) is 0.706. The molecule has 1 heterocycles. The van der Waals surface area contributed by atoms with Crippen LogP contribution >= 0.6 is 11.6 Å². The Labute approximate surface area is 128 Å². The molecule has 0 aliphatic heterocycles. The van der Waals surface area contributed by atoms with Crippen molar-refractivity contribution >= 4 is 11.6 Å². The summed E-state index contributed by atoms with van der Waals surface area (Å²) < 4.78 is 2.13. The predicted octanol–water partition coefficient (Wildman–Crippen LogP) is 5.14. The third-order valence-electron chi connectivity index (χ3n) is 4.26. The van der Waals surface area contributed by atoms with Crippen LogP contribution in [0.15, 0.2) is 23.9 Å². The number of rotatable bonds is 5. The maximum absolute atomic E-state index is 6.36. The fourth-order valence-corrected chi connectivity index (χ4v) is 3.88. The second-order valence-corrected chi connectivity index (χ2v) is 7.38. The van der Waals surface area contributed by atoms with Crippen LogP contribution in [0, 0.1) is 5.41 Å². The van der Waals surface area contributed by atoms with Gasteiger partial charge in [-0.05, 0) is 37.2 Å². The van der Waals surface area contributed by atoms with Crippen molar-refractivity contribution in [2.75, 3.05) is 0 Å². The van der Waals surface area contributed by atoms with Gasteiger partial charge in [-0.1, -0.05) is 39.3 Å². The molecule has 1 unspecified atom stereocenters. The Morgan fingerprint density at radius 3 is 2.70 bits per heavy atom. The highest BCUT2D eigenvalue weighted by molar-refractivity contribution is 6.21. The van der Waals surface area contributed by atoms with E-state index in [4.69, 9.17) is 16.7 Å². The summed E-state index contributed by atoms with van der Waals surface area (Å²) in [6, 6.07) is 2.69. The lowest BCUT2D eigenvalue weighted by molar-refractivity contribution is 0.320. The van der Waals surface area contributed by atoms with Crippen molar-refractivity contribution in [3.8, 4) is 0 Å². The van der Waals surface area contributed by atoms with Crippen molar-refractivity contribution in [1.82, 2.24) is 9.78 Å². The van der Waals surface area contributed by atoms with E-state index in [0.717, 1.165) is 32.1 Å². The average Bonchev–Trinajstić information content (AvgIpc) is 2.76. The average molecular weight is 295 g/mol. The van der Waals surface area contributed by atoms with Crippen LogP contribution in [-0.2, 0) is 6.42 Å². The van der Waals surface area contributed by atoms with Gasteiger partial charge < -0.3 is 0 Å². The molecule has 1 atom stereocenters. The minimum absolute atomic E-state index is 0.176.